The number of nitrogens with one attached hydrogen (secondary N) is 1. The van der Waals surface area contributed by atoms with Crippen molar-refractivity contribution in [2.45, 2.75) is 53.1 Å². The summed E-state index contributed by atoms with van der Waals surface area (Å²) < 4.78 is 32.1. The van der Waals surface area contributed by atoms with Crippen molar-refractivity contribution < 1.29 is 22.7 Å². The van der Waals surface area contributed by atoms with E-state index in [1.54, 1.807) is 43.3 Å². The fourth-order valence-electron chi connectivity index (χ4n) is 3.77. The zero-order chi connectivity index (χ0) is 27.6. The molecule has 0 bridgehead atoms. The third-order valence-electron chi connectivity index (χ3n) is 5.74. The number of halogens is 1. The summed E-state index contributed by atoms with van der Waals surface area (Å²) in [5.41, 5.74) is 1.15. The number of amides is 2. The Bertz CT molecular complexity index is 1160. The lowest BCUT2D eigenvalue weighted by Crippen LogP contribution is -2.48. The van der Waals surface area contributed by atoms with Gasteiger partial charge in [-0.25, -0.2) is 8.42 Å². The number of para-hydroxylation sites is 2. The van der Waals surface area contributed by atoms with Crippen LogP contribution in [0.3, 0.4) is 0 Å². The van der Waals surface area contributed by atoms with Gasteiger partial charge in [0.15, 0.2) is 0 Å². The van der Waals surface area contributed by atoms with Gasteiger partial charge in [0.25, 0.3) is 0 Å². The zero-order valence-corrected chi connectivity index (χ0v) is 23.8. The van der Waals surface area contributed by atoms with Crippen molar-refractivity contribution in [1.29, 1.82) is 0 Å². The first-order valence-corrected chi connectivity index (χ1v) is 14.7. The Balaban J connectivity index is 2.21. The molecule has 0 spiro atoms. The molecule has 0 heterocycles. The standard InChI is InChI=1S/C27H38ClN3O5S/c1-6-36-25-15-10-9-14-24(25)31(37(5,34)35)17-11-16-26(32)30(19-22-12-7-8-13-23(22)28)21(4)27(33)29-18-20(2)3/h7-10,12-15,20-21H,6,11,16-19H2,1-5H3,(H,29,33)/t21-/m1/s1. The number of anilines is 1. The second kappa shape index (κ2) is 14.2. The van der Waals surface area contributed by atoms with Crippen LogP contribution in [0.15, 0.2) is 48.5 Å². The second-order valence-corrected chi connectivity index (χ2v) is 11.6. The highest BCUT2D eigenvalue weighted by molar-refractivity contribution is 7.92. The van der Waals surface area contributed by atoms with Crippen LogP contribution in [0.1, 0.15) is 46.1 Å². The van der Waals surface area contributed by atoms with E-state index in [4.69, 9.17) is 16.3 Å². The molecule has 0 unspecified atom stereocenters. The van der Waals surface area contributed by atoms with Crippen LogP contribution in [-0.4, -0.2) is 57.1 Å². The van der Waals surface area contributed by atoms with E-state index < -0.39 is 16.1 Å². The molecule has 1 N–H and O–H groups in total. The Morgan fingerprint density at radius 1 is 1.05 bits per heavy atom. The molecular formula is C27H38ClN3O5S. The van der Waals surface area contributed by atoms with Crippen molar-refractivity contribution in [2.24, 2.45) is 5.92 Å². The minimum Gasteiger partial charge on any atom is -0.492 e. The monoisotopic (exact) mass is 551 g/mol. The molecule has 8 nitrogen and oxygen atoms in total. The van der Waals surface area contributed by atoms with Crippen molar-refractivity contribution in [2.75, 3.05) is 30.3 Å². The van der Waals surface area contributed by atoms with E-state index in [-0.39, 0.29) is 43.7 Å². The second-order valence-electron chi connectivity index (χ2n) is 9.27. The number of hydrogen-bond donors (Lipinski definition) is 1. The van der Waals surface area contributed by atoms with Crippen LogP contribution in [-0.2, 0) is 26.2 Å². The van der Waals surface area contributed by atoms with Gasteiger partial charge in [0.05, 0.1) is 18.6 Å². The lowest BCUT2D eigenvalue weighted by molar-refractivity contribution is -0.140. The van der Waals surface area contributed by atoms with Gasteiger partial charge in [-0.3, -0.25) is 13.9 Å². The maximum atomic E-state index is 13.4. The quantitative estimate of drug-likeness (QED) is 0.373. The number of nitrogens with zero attached hydrogens (tertiary/aromatic N) is 2. The van der Waals surface area contributed by atoms with Gasteiger partial charge >= 0.3 is 0 Å². The van der Waals surface area contributed by atoms with Gasteiger partial charge in [-0.15, -0.1) is 0 Å². The molecule has 37 heavy (non-hydrogen) atoms. The number of rotatable bonds is 14. The average molecular weight is 552 g/mol. The first-order valence-electron chi connectivity index (χ1n) is 12.5. The number of ether oxygens (including phenoxy) is 1. The highest BCUT2D eigenvalue weighted by Crippen LogP contribution is 2.30. The molecule has 204 valence electrons. The van der Waals surface area contributed by atoms with E-state index >= 15 is 0 Å². The Hall–Kier alpha value is -2.78. The topological polar surface area (TPSA) is 96.0 Å². The molecule has 0 aromatic heterocycles. The smallest absolute Gasteiger partial charge is 0.242 e. The molecule has 0 saturated heterocycles. The third-order valence-corrected chi connectivity index (χ3v) is 7.28. The van der Waals surface area contributed by atoms with E-state index in [9.17, 15) is 18.0 Å². The fourth-order valence-corrected chi connectivity index (χ4v) is 4.93. The molecule has 2 amide bonds. The van der Waals surface area contributed by atoms with Crippen molar-refractivity contribution in [3.63, 3.8) is 0 Å². The number of carbonyl (C=O) groups is 2. The van der Waals surface area contributed by atoms with Crippen molar-refractivity contribution in [1.82, 2.24) is 10.2 Å². The summed E-state index contributed by atoms with van der Waals surface area (Å²) in [6.07, 6.45) is 1.43. The molecule has 0 aliphatic carbocycles. The highest BCUT2D eigenvalue weighted by Gasteiger charge is 2.27. The molecule has 0 saturated carbocycles. The van der Waals surface area contributed by atoms with Gasteiger partial charge in [0.2, 0.25) is 21.8 Å². The Morgan fingerprint density at radius 3 is 2.32 bits per heavy atom. The maximum absolute atomic E-state index is 13.4. The summed E-state index contributed by atoms with van der Waals surface area (Å²) in [7, 11) is -3.63. The number of benzene rings is 2. The summed E-state index contributed by atoms with van der Waals surface area (Å²) in [6.45, 7) is 8.64. The molecule has 0 radical (unpaired) electrons. The van der Waals surface area contributed by atoms with Gasteiger partial charge < -0.3 is 15.0 Å². The van der Waals surface area contributed by atoms with E-state index in [1.165, 1.54) is 9.21 Å². The largest absolute Gasteiger partial charge is 0.492 e. The predicted octanol–water partition coefficient (Wildman–Crippen LogP) is 4.47. The van der Waals surface area contributed by atoms with Crippen LogP contribution in [0.2, 0.25) is 5.02 Å². The molecular weight excluding hydrogens is 514 g/mol. The minimum atomic E-state index is -3.63. The van der Waals surface area contributed by atoms with Gasteiger partial charge in [0.1, 0.15) is 11.8 Å². The van der Waals surface area contributed by atoms with Gasteiger partial charge in [-0.1, -0.05) is 55.8 Å². The van der Waals surface area contributed by atoms with E-state index in [0.29, 0.717) is 29.6 Å². The molecule has 10 heteroatoms. The average Bonchev–Trinajstić information content (AvgIpc) is 2.84. The Labute approximate surface area is 226 Å². The zero-order valence-electron chi connectivity index (χ0n) is 22.2. The number of carbonyl (C=O) groups excluding carboxylic acids is 2. The van der Waals surface area contributed by atoms with Crippen molar-refractivity contribution in [3.05, 3.63) is 59.1 Å². The van der Waals surface area contributed by atoms with Crippen LogP contribution in [0.5, 0.6) is 5.75 Å². The minimum absolute atomic E-state index is 0.0507. The van der Waals surface area contributed by atoms with Crippen molar-refractivity contribution in [3.8, 4) is 5.75 Å². The Kier molecular flexibility index (Phi) is 11.7. The number of sulfonamides is 1. The van der Waals surface area contributed by atoms with Crippen molar-refractivity contribution >= 4 is 39.1 Å². The van der Waals surface area contributed by atoms with Gasteiger partial charge in [-0.2, -0.15) is 0 Å². The van der Waals surface area contributed by atoms with Gasteiger partial charge in [0, 0.05) is 31.1 Å². The molecule has 0 aliphatic heterocycles. The highest BCUT2D eigenvalue weighted by atomic mass is 35.5. The van der Waals surface area contributed by atoms with Crippen LogP contribution in [0.25, 0.3) is 0 Å². The summed E-state index contributed by atoms with van der Waals surface area (Å²) in [4.78, 5) is 27.7. The maximum Gasteiger partial charge on any atom is 0.242 e. The SMILES string of the molecule is CCOc1ccccc1N(CCCC(=O)N(Cc1ccccc1Cl)[C@H](C)C(=O)NCC(C)C)S(C)(=O)=O. The molecule has 1 atom stereocenters. The molecule has 2 aromatic rings. The fraction of sp³-hybridized carbons (Fsp3) is 0.481. The normalized spacial score (nSPS) is 12.2. The van der Waals surface area contributed by atoms with Crippen LogP contribution >= 0.6 is 11.6 Å². The molecule has 0 fully saturated rings. The summed E-state index contributed by atoms with van der Waals surface area (Å²) in [6, 6.07) is 13.4. The molecule has 0 aliphatic rings. The van der Waals surface area contributed by atoms with Crippen LogP contribution < -0.4 is 14.4 Å². The summed E-state index contributed by atoms with van der Waals surface area (Å²) in [5.74, 6) is 0.208. The third kappa shape index (κ3) is 9.23. The van der Waals surface area contributed by atoms with E-state index in [2.05, 4.69) is 5.32 Å². The lowest BCUT2D eigenvalue weighted by atomic mass is 10.1. The van der Waals surface area contributed by atoms with Crippen LogP contribution in [0.4, 0.5) is 5.69 Å². The van der Waals surface area contributed by atoms with Gasteiger partial charge in [-0.05, 0) is 49.9 Å². The first kappa shape index (κ1) is 30.4. The Morgan fingerprint density at radius 2 is 1.70 bits per heavy atom. The van der Waals surface area contributed by atoms with E-state index in [0.717, 1.165) is 11.8 Å². The first-order chi connectivity index (χ1) is 17.5. The van der Waals surface area contributed by atoms with E-state index in [1.807, 2.05) is 32.9 Å². The van der Waals surface area contributed by atoms with Crippen LogP contribution in [0, 0.1) is 5.92 Å². The lowest BCUT2D eigenvalue weighted by Gasteiger charge is -2.30. The molecule has 2 aromatic carbocycles. The summed E-state index contributed by atoms with van der Waals surface area (Å²) >= 11 is 6.34. The predicted molar refractivity (Wildman–Crippen MR) is 148 cm³/mol. The number of hydrogen-bond acceptors (Lipinski definition) is 5. The molecule has 2 rings (SSSR count). The summed E-state index contributed by atoms with van der Waals surface area (Å²) in [5, 5.41) is 3.39.